The van der Waals surface area contributed by atoms with E-state index in [1.165, 1.54) is 0 Å². The minimum Gasteiger partial charge on any atom is -0.358 e. The molecule has 0 spiro atoms. The van der Waals surface area contributed by atoms with Crippen LogP contribution in [0.1, 0.15) is 18.4 Å². The summed E-state index contributed by atoms with van der Waals surface area (Å²) in [7, 11) is 1.63. The van der Waals surface area contributed by atoms with Crippen molar-refractivity contribution in [2.24, 2.45) is 0 Å². The average molecular weight is 264 g/mol. The molecule has 94 valence electrons. The summed E-state index contributed by atoms with van der Waals surface area (Å²) in [6.45, 7) is 0.771. The van der Waals surface area contributed by atoms with Gasteiger partial charge in [-0.15, -0.1) is 0 Å². The van der Waals surface area contributed by atoms with Crippen molar-refractivity contribution in [2.45, 2.75) is 18.9 Å². The van der Waals surface area contributed by atoms with Gasteiger partial charge in [-0.25, -0.2) is 0 Å². The summed E-state index contributed by atoms with van der Waals surface area (Å²) >= 11 is 5.98. The third kappa shape index (κ3) is 2.27. The highest BCUT2D eigenvalue weighted by atomic mass is 35.5. The van der Waals surface area contributed by atoms with Crippen LogP contribution in [0, 0.1) is 11.3 Å². The van der Waals surface area contributed by atoms with E-state index in [4.69, 9.17) is 16.9 Å². The average Bonchev–Trinajstić information content (AvgIpc) is 2.86. The number of likely N-dealkylation sites (N-methyl/N-ethyl adjacent to an activating group) is 1. The molecule has 1 unspecified atom stereocenters. The Morgan fingerprint density at radius 2 is 2.39 bits per heavy atom. The second kappa shape index (κ2) is 5.28. The lowest BCUT2D eigenvalue weighted by Gasteiger charge is -2.26. The summed E-state index contributed by atoms with van der Waals surface area (Å²) < 4.78 is 0. The van der Waals surface area contributed by atoms with E-state index in [9.17, 15) is 4.79 Å². The number of nitriles is 1. The van der Waals surface area contributed by atoms with Gasteiger partial charge in [0.2, 0.25) is 5.91 Å². The number of nitrogens with zero attached hydrogens (tertiary/aromatic N) is 2. The van der Waals surface area contributed by atoms with E-state index in [0.717, 1.165) is 25.1 Å². The lowest BCUT2D eigenvalue weighted by atomic mass is 10.1. The lowest BCUT2D eigenvalue weighted by Crippen LogP contribution is -2.42. The van der Waals surface area contributed by atoms with Gasteiger partial charge in [-0.3, -0.25) is 4.79 Å². The Balaban J connectivity index is 2.39. The summed E-state index contributed by atoms with van der Waals surface area (Å²) in [4.78, 5) is 13.8. The van der Waals surface area contributed by atoms with Crippen molar-refractivity contribution in [3.05, 3.63) is 28.8 Å². The zero-order chi connectivity index (χ0) is 13.1. The van der Waals surface area contributed by atoms with Gasteiger partial charge >= 0.3 is 0 Å². The number of benzene rings is 1. The van der Waals surface area contributed by atoms with Crippen LogP contribution in [-0.2, 0) is 4.79 Å². The number of rotatable bonds is 2. The monoisotopic (exact) mass is 263 g/mol. The highest BCUT2D eigenvalue weighted by molar-refractivity contribution is 6.30. The van der Waals surface area contributed by atoms with E-state index in [1.807, 2.05) is 4.90 Å². The Labute approximate surface area is 111 Å². The fraction of sp³-hybridized carbons (Fsp3) is 0.385. The molecule has 2 rings (SSSR count). The highest BCUT2D eigenvalue weighted by Crippen LogP contribution is 2.30. The van der Waals surface area contributed by atoms with E-state index >= 15 is 0 Å². The van der Waals surface area contributed by atoms with Crippen molar-refractivity contribution < 1.29 is 4.79 Å². The molecule has 0 bridgehead atoms. The maximum atomic E-state index is 11.8. The smallest absolute Gasteiger partial charge is 0.242 e. The number of hydrogen-bond acceptors (Lipinski definition) is 3. The first-order chi connectivity index (χ1) is 8.67. The predicted molar refractivity (Wildman–Crippen MR) is 70.6 cm³/mol. The fourth-order valence-corrected chi connectivity index (χ4v) is 2.50. The topological polar surface area (TPSA) is 56.1 Å². The normalized spacial score (nSPS) is 18.5. The largest absolute Gasteiger partial charge is 0.358 e. The van der Waals surface area contributed by atoms with Crippen LogP contribution in [0.15, 0.2) is 18.2 Å². The molecule has 1 aromatic carbocycles. The Morgan fingerprint density at radius 3 is 3.06 bits per heavy atom. The van der Waals surface area contributed by atoms with Gasteiger partial charge in [-0.05, 0) is 31.0 Å². The van der Waals surface area contributed by atoms with Gasteiger partial charge in [-0.2, -0.15) is 5.26 Å². The number of amides is 1. The molecule has 0 aliphatic carbocycles. The van der Waals surface area contributed by atoms with Gasteiger partial charge in [0.15, 0.2) is 0 Å². The molecule has 1 aliphatic heterocycles. The first-order valence-corrected chi connectivity index (χ1v) is 6.23. The zero-order valence-corrected chi connectivity index (χ0v) is 10.9. The highest BCUT2D eigenvalue weighted by Gasteiger charge is 2.31. The van der Waals surface area contributed by atoms with Crippen LogP contribution in [0.3, 0.4) is 0 Å². The molecule has 0 aromatic heterocycles. The molecule has 1 aliphatic rings. The molecule has 0 radical (unpaired) electrons. The quantitative estimate of drug-likeness (QED) is 0.887. The molecule has 1 atom stereocenters. The van der Waals surface area contributed by atoms with Crippen LogP contribution in [-0.4, -0.2) is 25.5 Å². The first kappa shape index (κ1) is 12.7. The maximum absolute atomic E-state index is 11.8. The van der Waals surface area contributed by atoms with Crippen molar-refractivity contribution in [3.8, 4) is 6.07 Å². The summed E-state index contributed by atoms with van der Waals surface area (Å²) in [6.07, 6.45) is 1.74. The van der Waals surface area contributed by atoms with Crippen LogP contribution < -0.4 is 10.2 Å². The van der Waals surface area contributed by atoms with E-state index in [0.29, 0.717) is 10.6 Å². The molecular weight excluding hydrogens is 250 g/mol. The number of carbonyl (C=O) groups excluding carboxylic acids is 1. The van der Waals surface area contributed by atoms with Crippen molar-refractivity contribution in [1.82, 2.24) is 5.32 Å². The molecular formula is C13H14ClN3O. The summed E-state index contributed by atoms with van der Waals surface area (Å²) in [6, 6.07) is 7.07. The van der Waals surface area contributed by atoms with Gasteiger partial charge in [0.1, 0.15) is 12.1 Å². The van der Waals surface area contributed by atoms with Crippen LogP contribution >= 0.6 is 11.6 Å². The van der Waals surface area contributed by atoms with Crippen LogP contribution in [0.25, 0.3) is 0 Å². The Bertz CT molecular complexity index is 509. The van der Waals surface area contributed by atoms with Crippen molar-refractivity contribution in [1.29, 1.82) is 5.26 Å². The van der Waals surface area contributed by atoms with E-state index in [-0.39, 0.29) is 11.9 Å². The summed E-state index contributed by atoms with van der Waals surface area (Å²) in [5.74, 6) is -0.0173. The molecule has 18 heavy (non-hydrogen) atoms. The lowest BCUT2D eigenvalue weighted by molar-refractivity contribution is -0.121. The van der Waals surface area contributed by atoms with Gasteiger partial charge in [0.05, 0.1) is 11.3 Å². The number of halogens is 1. The van der Waals surface area contributed by atoms with Crippen molar-refractivity contribution in [2.75, 3.05) is 18.5 Å². The molecule has 1 N–H and O–H groups in total. The molecule has 1 heterocycles. The van der Waals surface area contributed by atoms with Gasteiger partial charge in [0, 0.05) is 18.6 Å². The van der Waals surface area contributed by atoms with E-state index < -0.39 is 0 Å². The van der Waals surface area contributed by atoms with E-state index in [1.54, 1.807) is 25.2 Å². The summed E-state index contributed by atoms with van der Waals surface area (Å²) in [5, 5.41) is 12.4. The second-order valence-electron chi connectivity index (χ2n) is 4.24. The molecule has 5 heteroatoms. The van der Waals surface area contributed by atoms with E-state index in [2.05, 4.69) is 11.4 Å². The molecule has 1 saturated heterocycles. The molecule has 1 aromatic rings. The Kier molecular flexibility index (Phi) is 3.73. The third-order valence-corrected chi connectivity index (χ3v) is 3.43. The summed E-state index contributed by atoms with van der Waals surface area (Å²) in [5.41, 5.74) is 1.30. The number of carbonyl (C=O) groups is 1. The predicted octanol–water partition coefficient (Wildman–Crippen LogP) is 1.93. The molecule has 4 nitrogen and oxygen atoms in total. The Morgan fingerprint density at radius 1 is 1.61 bits per heavy atom. The standard InChI is InChI=1S/C13H14ClN3O/c1-16-13(18)11-3-2-6-17(11)12-7-10(14)5-4-9(12)8-15/h4-5,7,11H,2-3,6H2,1H3,(H,16,18). The molecule has 1 fully saturated rings. The van der Waals surface area contributed by atoms with Gasteiger partial charge in [-0.1, -0.05) is 11.6 Å². The van der Waals surface area contributed by atoms with Crippen molar-refractivity contribution in [3.63, 3.8) is 0 Å². The van der Waals surface area contributed by atoms with Crippen molar-refractivity contribution >= 4 is 23.2 Å². The van der Waals surface area contributed by atoms with Gasteiger partial charge < -0.3 is 10.2 Å². The Hall–Kier alpha value is -1.73. The number of nitrogens with one attached hydrogen (secondary N) is 1. The second-order valence-corrected chi connectivity index (χ2v) is 4.68. The van der Waals surface area contributed by atoms with Crippen LogP contribution in [0.2, 0.25) is 5.02 Å². The van der Waals surface area contributed by atoms with Crippen LogP contribution in [0.4, 0.5) is 5.69 Å². The number of hydrogen-bond donors (Lipinski definition) is 1. The van der Waals surface area contributed by atoms with Gasteiger partial charge in [0.25, 0.3) is 0 Å². The fourth-order valence-electron chi connectivity index (χ4n) is 2.33. The minimum atomic E-state index is -0.208. The first-order valence-electron chi connectivity index (χ1n) is 5.85. The molecule has 1 amide bonds. The SMILES string of the molecule is CNC(=O)C1CCCN1c1cc(Cl)ccc1C#N. The maximum Gasteiger partial charge on any atom is 0.242 e. The minimum absolute atomic E-state index is 0.0173. The zero-order valence-electron chi connectivity index (χ0n) is 10.1. The third-order valence-electron chi connectivity index (χ3n) is 3.19. The molecule has 0 saturated carbocycles. The van der Waals surface area contributed by atoms with Crippen LogP contribution in [0.5, 0.6) is 0 Å². The number of anilines is 1.